The fraction of sp³-hybridized carbons (Fsp3) is 0.500. The number of benzene rings is 4. The maximum atomic E-state index is 12.0. The molecule has 332 valence electrons. The molecular formula is C48H66CaO10S2. The van der Waals surface area contributed by atoms with Crippen LogP contribution >= 0.6 is 0 Å². The average Bonchev–Trinajstić information content (AvgIpc) is 3.19. The number of ether oxygens (including phenoxy) is 2. The Bertz CT molecular complexity index is 1910. The summed E-state index contributed by atoms with van der Waals surface area (Å²) in [4.78, 5) is -0.588. The molecule has 61 heavy (non-hydrogen) atoms. The summed E-state index contributed by atoms with van der Waals surface area (Å²) in [7, 11) is -8.84. The first-order valence-corrected chi connectivity index (χ1v) is 24.7. The predicted octanol–water partition coefficient (Wildman–Crippen LogP) is 12.4. The molecule has 0 saturated carbocycles. The van der Waals surface area contributed by atoms with Gasteiger partial charge in [-0.05, 0) is 91.4 Å². The molecule has 0 heterocycles. The third-order valence-electron chi connectivity index (χ3n) is 10.2. The fourth-order valence-corrected chi connectivity index (χ4v) is 8.00. The number of phenolic OH excluding ortho intramolecular Hbond substituents is 1. The van der Waals surface area contributed by atoms with Crippen LogP contribution in [0.25, 0.3) is 0 Å². The van der Waals surface area contributed by atoms with Crippen molar-refractivity contribution in [3.63, 3.8) is 0 Å². The van der Waals surface area contributed by atoms with E-state index in [2.05, 4.69) is 13.8 Å². The minimum Gasteiger partial charge on any atom is -0.872 e. The van der Waals surface area contributed by atoms with Crippen molar-refractivity contribution in [3.8, 4) is 34.5 Å². The molecule has 0 saturated heterocycles. The normalized spacial score (nSPS) is 11.3. The molecule has 0 radical (unpaired) electrons. The molecule has 4 aromatic carbocycles. The second-order valence-corrected chi connectivity index (χ2v) is 18.4. The Kier molecular flexibility index (Phi) is 27.0. The average molecular weight is 907 g/mol. The van der Waals surface area contributed by atoms with Gasteiger partial charge in [0.2, 0.25) is 0 Å². The van der Waals surface area contributed by atoms with Gasteiger partial charge < -0.3 is 24.2 Å². The molecule has 0 aliphatic carbocycles. The third-order valence-corrected chi connectivity index (χ3v) is 11.9. The molecule has 0 bridgehead atoms. The quantitative estimate of drug-likeness (QED) is 0.0317. The van der Waals surface area contributed by atoms with E-state index in [0.29, 0.717) is 11.5 Å². The minimum absolute atomic E-state index is 0. The molecule has 4 aromatic rings. The van der Waals surface area contributed by atoms with Crippen molar-refractivity contribution in [2.24, 2.45) is 0 Å². The van der Waals surface area contributed by atoms with Crippen LogP contribution < -0.4 is 14.6 Å². The standard InChI is InChI=1S/2C24H34O5S.Ca/c2*1-2-3-4-5-6-7-8-9-10-11-13-20-16-21(25)18-23(17-20)29-22-14-12-15-24(19-22)30(26,27)28;/h2*12,14-19,25H,2-11,13H2,1H3,(H,26,27,28);/q;;+2/p-2. The molecule has 4 rings (SSSR count). The second-order valence-electron chi connectivity index (χ2n) is 15.6. The van der Waals surface area contributed by atoms with Crippen LogP contribution in [0.3, 0.4) is 0 Å². The zero-order chi connectivity index (χ0) is 43.6. The van der Waals surface area contributed by atoms with Gasteiger partial charge in [-0.1, -0.05) is 148 Å². The van der Waals surface area contributed by atoms with Gasteiger partial charge in [-0.15, -0.1) is 5.75 Å². The van der Waals surface area contributed by atoms with Crippen molar-refractivity contribution in [2.75, 3.05) is 0 Å². The smallest absolute Gasteiger partial charge is 0.872 e. The molecule has 0 fully saturated rings. The topological polar surface area (TPSA) is 173 Å². The molecule has 0 unspecified atom stereocenters. The Morgan fingerprint density at radius 3 is 1.33 bits per heavy atom. The van der Waals surface area contributed by atoms with Crippen molar-refractivity contribution >= 4 is 58.0 Å². The van der Waals surface area contributed by atoms with Crippen LogP contribution in [0.5, 0.6) is 34.5 Å². The largest absolute Gasteiger partial charge is 2.00 e. The van der Waals surface area contributed by atoms with Gasteiger partial charge in [0.25, 0.3) is 10.1 Å². The first-order chi connectivity index (χ1) is 28.8. The van der Waals surface area contributed by atoms with Gasteiger partial charge in [0.15, 0.2) is 0 Å². The van der Waals surface area contributed by atoms with E-state index < -0.39 is 20.2 Å². The van der Waals surface area contributed by atoms with E-state index in [0.717, 1.165) is 49.7 Å². The summed E-state index contributed by atoms with van der Waals surface area (Å²) in [5.41, 5.74) is 1.89. The van der Waals surface area contributed by atoms with Gasteiger partial charge in [0.05, 0.1) is 9.79 Å². The van der Waals surface area contributed by atoms with Crippen LogP contribution in [-0.2, 0) is 33.1 Å². The van der Waals surface area contributed by atoms with E-state index in [4.69, 9.17) is 14.0 Å². The summed E-state index contributed by atoms with van der Waals surface area (Å²) in [5, 5.41) is 22.0. The summed E-state index contributed by atoms with van der Waals surface area (Å²) >= 11 is 0. The SMILES string of the molecule is CCCCCCCCCCCCc1cc(O)cc(Oc2cccc(S(=O)(=O)O)c2)c1.CCCCCCCCCCCCc1cc([O-])cc(Oc2cccc(S(=O)(=O)[O-])c2)c1.[Ca+2]. The van der Waals surface area contributed by atoms with E-state index in [1.54, 1.807) is 30.3 Å². The van der Waals surface area contributed by atoms with Crippen LogP contribution in [0.15, 0.2) is 94.7 Å². The number of aryl methyl sites for hydroxylation is 2. The summed E-state index contributed by atoms with van der Waals surface area (Å²) in [6.07, 6.45) is 27.0. The maximum absolute atomic E-state index is 12.0. The van der Waals surface area contributed by atoms with Gasteiger partial charge in [-0.25, -0.2) is 8.42 Å². The Hall–Kier alpha value is -2.84. The van der Waals surface area contributed by atoms with E-state index >= 15 is 0 Å². The number of rotatable bonds is 28. The van der Waals surface area contributed by atoms with Crippen molar-refractivity contribution < 1.29 is 45.6 Å². The zero-order valence-electron chi connectivity index (χ0n) is 36.3. The molecule has 10 nitrogen and oxygen atoms in total. The van der Waals surface area contributed by atoms with Crippen LogP contribution in [0.4, 0.5) is 0 Å². The summed E-state index contributed by atoms with van der Waals surface area (Å²) in [6, 6.07) is 20.9. The summed E-state index contributed by atoms with van der Waals surface area (Å²) in [5.74, 6) is 1.24. The molecule has 13 heteroatoms. The zero-order valence-corrected chi connectivity index (χ0v) is 40.2. The molecule has 0 aliphatic heterocycles. The second kappa shape index (κ2) is 30.3. The minimum atomic E-state index is -4.55. The van der Waals surface area contributed by atoms with Crippen LogP contribution in [-0.4, -0.2) is 68.8 Å². The van der Waals surface area contributed by atoms with Crippen LogP contribution in [0.2, 0.25) is 0 Å². The molecular weight excluding hydrogens is 841 g/mol. The molecule has 0 spiro atoms. The fourth-order valence-electron chi connectivity index (χ4n) is 6.98. The third kappa shape index (κ3) is 24.0. The maximum Gasteiger partial charge on any atom is 2.00 e. The van der Waals surface area contributed by atoms with Crippen molar-refractivity contribution in [2.45, 2.75) is 165 Å². The first-order valence-electron chi connectivity index (χ1n) is 21.9. The van der Waals surface area contributed by atoms with Gasteiger partial charge in [0, 0.05) is 12.1 Å². The molecule has 0 aromatic heterocycles. The van der Waals surface area contributed by atoms with E-state index in [1.165, 1.54) is 151 Å². The Labute approximate surface area is 396 Å². The number of hydrogen-bond donors (Lipinski definition) is 2. The van der Waals surface area contributed by atoms with Gasteiger partial charge >= 0.3 is 37.7 Å². The van der Waals surface area contributed by atoms with Crippen LogP contribution in [0.1, 0.15) is 153 Å². The van der Waals surface area contributed by atoms with E-state index in [1.807, 2.05) is 6.07 Å². The Morgan fingerprint density at radius 2 is 0.885 bits per heavy atom. The summed E-state index contributed by atoms with van der Waals surface area (Å²) < 4.78 is 76.5. The van der Waals surface area contributed by atoms with Crippen molar-refractivity contribution in [3.05, 3.63) is 96.1 Å². The Balaban J connectivity index is 0.000000413. The van der Waals surface area contributed by atoms with Crippen molar-refractivity contribution in [1.82, 2.24) is 0 Å². The van der Waals surface area contributed by atoms with Crippen LogP contribution in [0, 0.1) is 0 Å². The summed E-state index contributed by atoms with van der Waals surface area (Å²) in [6.45, 7) is 4.47. The molecule has 0 atom stereocenters. The number of hydrogen-bond acceptors (Lipinski definition) is 9. The number of aromatic hydroxyl groups is 1. The van der Waals surface area contributed by atoms with E-state index in [9.17, 15) is 31.6 Å². The van der Waals surface area contributed by atoms with E-state index in [-0.39, 0.29) is 70.5 Å². The van der Waals surface area contributed by atoms with Gasteiger partial charge in [-0.2, -0.15) is 8.42 Å². The van der Waals surface area contributed by atoms with Crippen molar-refractivity contribution in [1.29, 1.82) is 0 Å². The monoisotopic (exact) mass is 906 g/mol. The molecule has 0 amide bonds. The number of unbranched alkanes of at least 4 members (excludes halogenated alkanes) is 18. The van der Waals surface area contributed by atoms with Gasteiger partial charge in [0.1, 0.15) is 38.9 Å². The number of phenols is 1. The van der Waals surface area contributed by atoms with Gasteiger partial charge in [-0.3, -0.25) is 4.55 Å². The molecule has 0 aliphatic rings. The Morgan fingerprint density at radius 1 is 0.492 bits per heavy atom. The predicted molar refractivity (Wildman–Crippen MR) is 242 cm³/mol. The molecule has 2 N–H and O–H groups in total. The first kappa shape index (κ1) is 54.3.